The lowest BCUT2D eigenvalue weighted by Gasteiger charge is -2.47. The number of piperazine rings is 1. The van der Waals surface area contributed by atoms with Crippen LogP contribution >= 0.6 is 0 Å². The van der Waals surface area contributed by atoms with Crippen LogP contribution in [0.15, 0.2) is 24.8 Å². The van der Waals surface area contributed by atoms with Crippen LogP contribution in [0.1, 0.15) is 12.1 Å². The highest BCUT2D eigenvalue weighted by molar-refractivity contribution is 5.80. The molecule has 2 unspecified atom stereocenters. The number of nitrogens with zero attached hydrogens (tertiary/aromatic N) is 6. The first-order valence-electron chi connectivity index (χ1n) is 7.13. The van der Waals surface area contributed by atoms with Crippen molar-refractivity contribution in [2.75, 3.05) is 20.2 Å². The molecule has 1 aliphatic heterocycles. The van der Waals surface area contributed by atoms with Crippen LogP contribution in [0.2, 0.25) is 0 Å². The Labute approximate surface area is 133 Å². The third kappa shape index (κ3) is 2.25. The van der Waals surface area contributed by atoms with E-state index in [0.717, 1.165) is 0 Å². The molecule has 0 aliphatic carbocycles. The molecule has 1 saturated heterocycles. The van der Waals surface area contributed by atoms with Crippen molar-refractivity contribution in [2.45, 2.75) is 18.2 Å². The van der Waals surface area contributed by atoms with Crippen LogP contribution in [0, 0.1) is 22.8 Å². The molecule has 1 aliphatic rings. The van der Waals surface area contributed by atoms with Gasteiger partial charge in [-0.25, -0.2) is 9.97 Å². The monoisotopic (exact) mass is 309 g/mol. The fourth-order valence-corrected chi connectivity index (χ4v) is 3.12. The number of hydrogen-bond donors (Lipinski definition) is 1. The van der Waals surface area contributed by atoms with Gasteiger partial charge in [0.2, 0.25) is 0 Å². The standard InChI is InChI=1S/C15H15N7O/c1-23-14-15(3-4-16,22(9-17)7-6-19-14)13-11-8-18-5-2-12(11)20-10-21-13/h2,5,8,10,14,19H,3,6-7H2,1H3. The number of hydrogen-bond acceptors (Lipinski definition) is 8. The van der Waals surface area contributed by atoms with Crippen LogP contribution in [0.5, 0.6) is 0 Å². The van der Waals surface area contributed by atoms with Gasteiger partial charge < -0.3 is 4.74 Å². The number of pyridine rings is 1. The number of rotatable bonds is 3. The Hall–Kier alpha value is -2.81. The van der Waals surface area contributed by atoms with Crippen molar-refractivity contribution >= 4 is 10.9 Å². The molecule has 1 N–H and O–H groups in total. The lowest BCUT2D eigenvalue weighted by molar-refractivity contribution is -0.0779. The normalized spacial score (nSPS) is 24.1. The summed E-state index contributed by atoms with van der Waals surface area (Å²) in [6.45, 7) is 1.05. The van der Waals surface area contributed by atoms with Gasteiger partial charge in [0.25, 0.3) is 0 Å². The zero-order chi connectivity index (χ0) is 16.3. The number of ether oxygens (including phenoxy) is 1. The Kier molecular flexibility index (Phi) is 4.02. The average Bonchev–Trinajstić information content (AvgIpc) is 2.61. The van der Waals surface area contributed by atoms with Gasteiger partial charge in [0.1, 0.15) is 18.1 Å². The predicted octanol–water partition coefficient (Wildman–Crippen LogP) is 0.493. The van der Waals surface area contributed by atoms with Crippen LogP contribution in [0.3, 0.4) is 0 Å². The minimum absolute atomic E-state index is 0.0487. The molecule has 8 heteroatoms. The van der Waals surface area contributed by atoms with Crippen molar-refractivity contribution in [1.82, 2.24) is 25.2 Å². The molecule has 1 fully saturated rings. The number of fused-ring (bicyclic) bond motifs is 1. The molecule has 0 radical (unpaired) electrons. The van der Waals surface area contributed by atoms with Gasteiger partial charge >= 0.3 is 0 Å². The molecule has 0 bridgehead atoms. The molecule has 0 saturated carbocycles. The highest BCUT2D eigenvalue weighted by Crippen LogP contribution is 2.39. The van der Waals surface area contributed by atoms with Gasteiger partial charge in [0, 0.05) is 38.0 Å². The van der Waals surface area contributed by atoms with E-state index >= 15 is 0 Å². The summed E-state index contributed by atoms with van der Waals surface area (Å²) in [5.74, 6) is 0. The molecule has 2 aromatic heterocycles. The van der Waals surface area contributed by atoms with E-state index in [2.05, 4.69) is 32.5 Å². The first kappa shape index (κ1) is 15.1. The second kappa shape index (κ2) is 6.13. The summed E-state index contributed by atoms with van der Waals surface area (Å²) < 4.78 is 5.56. The molecule has 2 aromatic rings. The lowest BCUT2D eigenvalue weighted by atomic mass is 9.84. The molecule has 116 valence electrons. The maximum atomic E-state index is 9.62. The molecule has 0 amide bonds. The summed E-state index contributed by atoms with van der Waals surface area (Å²) in [6.07, 6.45) is 6.43. The van der Waals surface area contributed by atoms with E-state index in [-0.39, 0.29) is 6.42 Å². The maximum Gasteiger partial charge on any atom is 0.180 e. The second-order valence-corrected chi connectivity index (χ2v) is 5.20. The molecule has 23 heavy (non-hydrogen) atoms. The van der Waals surface area contributed by atoms with Crippen molar-refractivity contribution < 1.29 is 4.74 Å². The van der Waals surface area contributed by atoms with Crippen LogP contribution in [0.25, 0.3) is 10.9 Å². The Morgan fingerprint density at radius 3 is 3.09 bits per heavy atom. The molecule has 8 nitrogen and oxygen atoms in total. The lowest BCUT2D eigenvalue weighted by Crippen LogP contribution is -2.64. The fourth-order valence-electron chi connectivity index (χ4n) is 3.12. The smallest absolute Gasteiger partial charge is 0.180 e. The Bertz CT molecular complexity index is 791. The van der Waals surface area contributed by atoms with Crippen molar-refractivity contribution in [1.29, 1.82) is 10.5 Å². The SMILES string of the molecule is COC1NCCN(C#N)C1(CC#N)c1ncnc2ccncc12. The Balaban J connectivity index is 2.31. The van der Waals surface area contributed by atoms with E-state index in [1.807, 2.05) is 0 Å². The highest BCUT2D eigenvalue weighted by Gasteiger charge is 2.50. The first-order chi connectivity index (χ1) is 11.3. The van der Waals surface area contributed by atoms with Crippen molar-refractivity contribution in [3.05, 3.63) is 30.5 Å². The topological polar surface area (TPSA) is 111 Å². The molecule has 0 spiro atoms. The summed E-state index contributed by atoms with van der Waals surface area (Å²) >= 11 is 0. The second-order valence-electron chi connectivity index (χ2n) is 5.20. The summed E-state index contributed by atoms with van der Waals surface area (Å²) in [4.78, 5) is 14.3. The number of nitriles is 2. The van der Waals surface area contributed by atoms with Crippen molar-refractivity contribution in [3.8, 4) is 12.3 Å². The quantitative estimate of drug-likeness (QED) is 0.816. The van der Waals surface area contributed by atoms with Crippen LogP contribution in [0.4, 0.5) is 0 Å². The Morgan fingerprint density at radius 1 is 1.48 bits per heavy atom. The molecule has 0 aromatic carbocycles. The zero-order valence-electron chi connectivity index (χ0n) is 12.6. The molecular weight excluding hydrogens is 294 g/mol. The number of methoxy groups -OCH3 is 1. The van der Waals surface area contributed by atoms with Gasteiger partial charge in [-0.1, -0.05) is 0 Å². The minimum atomic E-state index is -1.03. The van der Waals surface area contributed by atoms with Gasteiger partial charge in [-0.05, 0) is 6.07 Å². The highest BCUT2D eigenvalue weighted by atomic mass is 16.5. The molecule has 2 atom stereocenters. The van der Waals surface area contributed by atoms with E-state index in [0.29, 0.717) is 29.7 Å². The van der Waals surface area contributed by atoms with E-state index < -0.39 is 11.8 Å². The molecule has 3 heterocycles. The third-order valence-corrected chi connectivity index (χ3v) is 4.13. The minimum Gasteiger partial charge on any atom is -0.364 e. The summed E-state index contributed by atoms with van der Waals surface area (Å²) in [5, 5.41) is 23.0. The largest absolute Gasteiger partial charge is 0.364 e. The van der Waals surface area contributed by atoms with E-state index in [1.54, 1.807) is 30.5 Å². The van der Waals surface area contributed by atoms with Crippen LogP contribution in [-0.4, -0.2) is 46.3 Å². The van der Waals surface area contributed by atoms with Crippen molar-refractivity contribution in [3.63, 3.8) is 0 Å². The molecule has 3 rings (SSSR count). The van der Waals surface area contributed by atoms with E-state index in [4.69, 9.17) is 4.74 Å². The average molecular weight is 309 g/mol. The maximum absolute atomic E-state index is 9.62. The zero-order valence-corrected chi connectivity index (χ0v) is 12.6. The number of aromatic nitrogens is 3. The van der Waals surface area contributed by atoms with Crippen LogP contribution < -0.4 is 5.32 Å². The van der Waals surface area contributed by atoms with E-state index in [9.17, 15) is 10.5 Å². The summed E-state index contributed by atoms with van der Waals surface area (Å²) in [7, 11) is 1.55. The van der Waals surface area contributed by atoms with E-state index in [1.165, 1.54) is 6.33 Å². The number of nitrogens with one attached hydrogen (secondary N) is 1. The van der Waals surface area contributed by atoms with Gasteiger partial charge in [-0.2, -0.15) is 10.5 Å². The van der Waals surface area contributed by atoms with Gasteiger partial charge in [-0.15, -0.1) is 0 Å². The van der Waals surface area contributed by atoms with Gasteiger partial charge in [-0.3, -0.25) is 15.2 Å². The van der Waals surface area contributed by atoms with Crippen LogP contribution in [-0.2, 0) is 10.3 Å². The third-order valence-electron chi connectivity index (χ3n) is 4.13. The first-order valence-corrected chi connectivity index (χ1v) is 7.13. The fraction of sp³-hybridized carbons (Fsp3) is 0.400. The van der Waals surface area contributed by atoms with Gasteiger partial charge in [0.15, 0.2) is 6.19 Å². The summed E-state index contributed by atoms with van der Waals surface area (Å²) in [6, 6.07) is 3.95. The Morgan fingerprint density at radius 2 is 2.35 bits per heavy atom. The van der Waals surface area contributed by atoms with Crippen molar-refractivity contribution in [2.24, 2.45) is 0 Å². The van der Waals surface area contributed by atoms with Gasteiger partial charge in [0.05, 0.1) is 23.7 Å². The molecular formula is C15H15N7O. The summed E-state index contributed by atoms with van der Waals surface area (Å²) in [5.41, 5.74) is 0.249. The predicted molar refractivity (Wildman–Crippen MR) is 80.4 cm³/mol.